The van der Waals surface area contributed by atoms with Gasteiger partial charge in [-0.1, -0.05) is 119 Å². The minimum Gasteiger partial charge on any atom is -0.507 e. The SMILES string of the molecule is C=C(CCCCCCCCCC)C1=NC(CC)(COC(=O)CCc2cc(C(C)(C)C)c(O)c(C(C)(C)C)c2)CO1. The number of unbranched alkanes of at least 4 members (excludes halogenated alkanes) is 7. The fourth-order valence-electron chi connectivity index (χ4n) is 5.12. The van der Waals surface area contributed by atoms with Crippen molar-refractivity contribution in [2.75, 3.05) is 13.2 Å². The number of carbonyl (C=O) groups is 1. The number of carbonyl (C=O) groups excluding carboxylic acids is 1. The molecule has 1 aromatic carbocycles. The van der Waals surface area contributed by atoms with Gasteiger partial charge in [-0.2, -0.15) is 0 Å². The summed E-state index contributed by atoms with van der Waals surface area (Å²) in [7, 11) is 0. The predicted octanol–water partition coefficient (Wildman–Crippen LogP) is 9.13. The summed E-state index contributed by atoms with van der Waals surface area (Å²) >= 11 is 0. The molecule has 1 atom stereocenters. The number of ether oxygens (including phenoxy) is 2. The largest absolute Gasteiger partial charge is 0.507 e. The van der Waals surface area contributed by atoms with Crippen LogP contribution in [0.5, 0.6) is 5.75 Å². The molecule has 0 amide bonds. The van der Waals surface area contributed by atoms with E-state index in [9.17, 15) is 9.90 Å². The molecule has 1 N–H and O–H groups in total. The number of hydrogen-bond donors (Lipinski definition) is 1. The first-order chi connectivity index (χ1) is 18.7. The van der Waals surface area contributed by atoms with Gasteiger partial charge in [0.05, 0.1) is 0 Å². The third-order valence-electron chi connectivity index (χ3n) is 8.01. The third kappa shape index (κ3) is 10.3. The fraction of sp³-hybridized carbons (Fsp3) is 0.714. The standard InChI is InChI=1S/C35H57NO4/c1-10-12-13-14-15-16-17-18-19-26(3)32-36-35(11-2,25-40-32)24-39-30(37)21-20-27-22-28(33(4,5)6)31(38)29(23-27)34(7,8)9/h22-23,38H,3,10-21,24-25H2,1-2,4-9H3. The van der Waals surface area contributed by atoms with Crippen LogP contribution in [-0.4, -0.2) is 35.7 Å². The van der Waals surface area contributed by atoms with E-state index in [1.165, 1.54) is 44.9 Å². The molecule has 0 bridgehead atoms. The summed E-state index contributed by atoms with van der Waals surface area (Å²) < 4.78 is 11.7. The summed E-state index contributed by atoms with van der Waals surface area (Å²) in [4.78, 5) is 17.6. The van der Waals surface area contributed by atoms with Crippen molar-refractivity contribution in [3.05, 3.63) is 41.0 Å². The average molecular weight is 556 g/mol. The summed E-state index contributed by atoms with van der Waals surface area (Å²) in [6, 6.07) is 4.07. The molecule has 0 spiro atoms. The van der Waals surface area contributed by atoms with Crippen LogP contribution in [0.1, 0.15) is 143 Å². The van der Waals surface area contributed by atoms with Crippen molar-refractivity contribution in [2.45, 2.75) is 149 Å². The normalized spacial score (nSPS) is 17.4. The molecule has 0 saturated carbocycles. The topological polar surface area (TPSA) is 68.1 Å². The van der Waals surface area contributed by atoms with Crippen molar-refractivity contribution in [3.8, 4) is 5.75 Å². The Hall–Kier alpha value is -2.30. The molecule has 5 nitrogen and oxygen atoms in total. The highest BCUT2D eigenvalue weighted by molar-refractivity contribution is 5.94. The van der Waals surface area contributed by atoms with Gasteiger partial charge in [0.15, 0.2) is 0 Å². The fourth-order valence-corrected chi connectivity index (χ4v) is 5.12. The summed E-state index contributed by atoms with van der Waals surface area (Å²) in [5.41, 5.74) is 2.86. The molecule has 0 aromatic heterocycles. The Bertz CT molecular complexity index is 976. The molecule has 40 heavy (non-hydrogen) atoms. The summed E-state index contributed by atoms with van der Waals surface area (Å²) in [6.07, 6.45) is 12.7. The molecule has 0 radical (unpaired) electrons. The van der Waals surface area contributed by atoms with Gasteiger partial charge in [-0.25, -0.2) is 4.99 Å². The van der Waals surface area contributed by atoms with E-state index in [-0.39, 0.29) is 29.8 Å². The molecule has 2 rings (SSSR count). The van der Waals surface area contributed by atoms with Crippen LogP contribution in [0.15, 0.2) is 29.3 Å². The van der Waals surface area contributed by atoms with Crippen molar-refractivity contribution in [2.24, 2.45) is 4.99 Å². The number of rotatable bonds is 16. The molecule has 1 aliphatic heterocycles. The van der Waals surface area contributed by atoms with E-state index in [0.29, 0.717) is 24.7 Å². The Morgan fingerprint density at radius 2 is 1.50 bits per heavy atom. The summed E-state index contributed by atoms with van der Waals surface area (Å²) in [5, 5.41) is 11.0. The number of aliphatic imine (C=N–C) groups is 1. The van der Waals surface area contributed by atoms with Gasteiger partial charge in [0.2, 0.25) is 5.90 Å². The number of aryl methyl sites for hydroxylation is 1. The van der Waals surface area contributed by atoms with Crippen molar-refractivity contribution in [1.29, 1.82) is 0 Å². The lowest BCUT2D eigenvalue weighted by Gasteiger charge is -2.28. The molecule has 226 valence electrons. The lowest BCUT2D eigenvalue weighted by atomic mass is 9.78. The lowest BCUT2D eigenvalue weighted by molar-refractivity contribution is -0.145. The maximum absolute atomic E-state index is 12.8. The molecule has 5 heteroatoms. The molecule has 0 fully saturated rings. The first-order valence-electron chi connectivity index (χ1n) is 15.7. The van der Waals surface area contributed by atoms with Crippen molar-refractivity contribution < 1.29 is 19.4 Å². The monoisotopic (exact) mass is 555 g/mol. The van der Waals surface area contributed by atoms with E-state index in [0.717, 1.165) is 41.5 Å². The van der Waals surface area contributed by atoms with Gasteiger partial charge in [0, 0.05) is 12.0 Å². The minimum atomic E-state index is -0.537. The van der Waals surface area contributed by atoms with E-state index in [1.54, 1.807) is 0 Å². The van der Waals surface area contributed by atoms with Crippen LogP contribution in [-0.2, 0) is 31.5 Å². The number of aromatic hydroxyl groups is 1. The van der Waals surface area contributed by atoms with Crippen LogP contribution in [0.3, 0.4) is 0 Å². The smallest absolute Gasteiger partial charge is 0.306 e. The van der Waals surface area contributed by atoms with Crippen LogP contribution in [0, 0.1) is 0 Å². The Labute approximate surface area is 244 Å². The van der Waals surface area contributed by atoms with Gasteiger partial charge in [-0.05, 0) is 53.2 Å². The van der Waals surface area contributed by atoms with E-state index < -0.39 is 5.54 Å². The molecule has 1 aromatic rings. The van der Waals surface area contributed by atoms with E-state index in [2.05, 4.69) is 62.0 Å². The summed E-state index contributed by atoms with van der Waals surface area (Å²) in [5.74, 6) is 0.751. The van der Waals surface area contributed by atoms with Gasteiger partial charge in [-0.3, -0.25) is 4.79 Å². The van der Waals surface area contributed by atoms with Crippen molar-refractivity contribution in [3.63, 3.8) is 0 Å². The van der Waals surface area contributed by atoms with Crippen LogP contribution >= 0.6 is 0 Å². The van der Waals surface area contributed by atoms with E-state index >= 15 is 0 Å². The first kappa shape index (κ1) is 33.9. The maximum Gasteiger partial charge on any atom is 0.306 e. The quantitative estimate of drug-likeness (QED) is 0.163. The van der Waals surface area contributed by atoms with E-state index in [1.807, 2.05) is 12.1 Å². The molecule has 0 saturated heterocycles. The highest BCUT2D eigenvalue weighted by Crippen LogP contribution is 2.40. The molecule has 0 aliphatic carbocycles. The van der Waals surface area contributed by atoms with Crippen LogP contribution in [0.4, 0.5) is 0 Å². The molecule has 1 aliphatic rings. The Morgan fingerprint density at radius 1 is 0.950 bits per heavy atom. The van der Waals surface area contributed by atoms with Crippen LogP contribution in [0.25, 0.3) is 0 Å². The lowest BCUT2D eigenvalue weighted by Crippen LogP contribution is -2.34. The zero-order valence-electron chi connectivity index (χ0n) is 26.9. The van der Waals surface area contributed by atoms with Crippen LogP contribution in [0.2, 0.25) is 0 Å². The van der Waals surface area contributed by atoms with Gasteiger partial charge in [0.1, 0.15) is 24.5 Å². The maximum atomic E-state index is 12.8. The second-order valence-electron chi connectivity index (χ2n) is 13.8. The number of benzene rings is 1. The molecular weight excluding hydrogens is 498 g/mol. The van der Waals surface area contributed by atoms with Crippen molar-refractivity contribution in [1.82, 2.24) is 0 Å². The number of hydrogen-bond acceptors (Lipinski definition) is 5. The first-order valence-corrected chi connectivity index (χ1v) is 15.7. The number of nitrogens with zero attached hydrogens (tertiary/aromatic N) is 1. The second-order valence-corrected chi connectivity index (χ2v) is 13.8. The van der Waals surface area contributed by atoms with Gasteiger partial charge >= 0.3 is 5.97 Å². The van der Waals surface area contributed by atoms with Crippen LogP contribution < -0.4 is 0 Å². The number of phenols is 1. The van der Waals surface area contributed by atoms with Gasteiger partial charge < -0.3 is 14.6 Å². The average Bonchev–Trinajstić information content (AvgIpc) is 3.32. The molecular formula is C35H57NO4. The predicted molar refractivity (Wildman–Crippen MR) is 168 cm³/mol. The Balaban J connectivity index is 1.90. The van der Waals surface area contributed by atoms with Gasteiger partial charge in [-0.15, -0.1) is 0 Å². The minimum absolute atomic E-state index is 0.204. The van der Waals surface area contributed by atoms with E-state index in [4.69, 9.17) is 14.5 Å². The molecule has 1 heterocycles. The highest BCUT2D eigenvalue weighted by Gasteiger charge is 2.37. The highest BCUT2D eigenvalue weighted by atomic mass is 16.5. The number of esters is 1. The summed E-state index contributed by atoms with van der Waals surface area (Å²) in [6.45, 7) is 21.8. The Kier molecular flexibility index (Phi) is 12.8. The number of phenolic OH excluding ortho intramolecular Hbond substituents is 1. The van der Waals surface area contributed by atoms with Gasteiger partial charge in [0.25, 0.3) is 0 Å². The second kappa shape index (κ2) is 15.1. The zero-order valence-corrected chi connectivity index (χ0v) is 26.9. The molecule has 1 unspecified atom stereocenters. The third-order valence-corrected chi connectivity index (χ3v) is 8.01. The Morgan fingerprint density at radius 3 is 2.02 bits per heavy atom. The zero-order chi connectivity index (χ0) is 30.0. The van der Waals surface area contributed by atoms with Crippen molar-refractivity contribution >= 4 is 11.9 Å².